The molecule has 5 heteroatoms. The smallest absolute Gasteiger partial charge is 0.357 e. The molecule has 0 atom stereocenters. The third-order valence-electron chi connectivity index (χ3n) is 5.74. The largest absolute Gasteiger partial charge is 0.496 e. The van der Waals surface area contributed by atoms with Gasteiger partial charge in [0, 0.05) is 16.5 Å². The van der Waals surface area contributed by atoms with E-state index in [4.69, 9.17) is 25.6 Å². The summed E-state index contributed by atoms with van der Waals surface area (Å²) in [6, 6.07) is 23.0. The zero-order valence-corrected chi connectivity index (χ0v) is 20.1. The second-order valence-electron chi connectivity index (χ2n) is 8.40. The van der Waals surface area contributed by atoms with Crippen LogP contribution < -0.4 is 9.47 Å². The first-order valence-electron chi connectivity index (χ1n) is 11.4. The molecule has 0 N–H and O–H groups in total. The van der Waals surface area contributed by atoms with Crippen molar-refractivity contribution in [2.75, 3.05) is 13.7 Å². The van der Waals surface area contributed by atoms with E-state index in [0.717, 1.165) is 21.9 Å². The zero-order chi connectivity index (χ0) is 24.8. The Morgan fingerprint density at radius 3 is 2.51 bits per heavy atom. The highest BCUT2D eigenvalue weighted by molar-refractivity contribution is 6.00. The average Bonchev–Trinajstić information content (AvgIpc) is 2.90. The van der Waals surface area contributed by atoms with Crippen LogP contribution in [0.4, 0.5) is 0 Å². The molecule has 0 unspecified atom stereocenters. The molecular weight excluding hydrogens is 438 g/mol. The highest BCUT2D eigenvalue weighted by Gasteiger charge is 2.17. The van der Waals surface area contributed by atoms with E-state index in [2.05, 4.69) is 31.9 Å². The van der Waals surface area contributed by atoms with Gasteiger partial charge in [-0.3, -0.25) is 0 Å². The molecule has 0 aliphatic rings. The maximum atomic E-state index is 13.0. The number of hydrogen-bond acceptors (Lipinski definition) is 5. The first-order valence-corrected chi connectivity index (χ1v) is 11.4. The maximum absolute atomic E-state index is 13.0. The molecule has 1 aromatic heterocycles. The van der Waals surface area contributed by atoms with Gasteiger partial charge in [-0.05, 0) is 41.1 Å². The highest BCUT2D eigenvalue weighted by Crippen LogP contribution is 2.32. The topological polar surface area (TPSA) is 57.7 Å². The Hall–Kier alpha value is -4.30. The maximum Gasteiger partial charge on any atom is 0.357 e. The fraction of sp³-hybridized carbons (Fsp3) is 0.200. The lowest BCUT2D eigenvalue weighted by Crippen LogP contribution is -2.09. The van der Waals surface area contributed by atoms with E-state index in [-0.39, 0.29) is 18.9 Å². The van der Waals surface area contributed by atoms with Gasteiger partial charge in [0.1, 0.15) is 30.4 Å². The van der Waals surface area contributed by atoms with Crippen LogP contribution in [0.3, 0.4) is 0 Å². The highest BCUT2D eigenvalue weighted by atomic mass is 16.5. The van der Waals surface area contributed by atoms with Crippen molar-refractivity contribution in [3.05, 3.63) is 89.6 Å². The first kappa shape index (κ1) is 23.8. The summed E-state index contributed by atoms with van der Waals surface area (Å²) in [5.41, 5.74) is 3.81. The molecular formula is C30H27NO4. The Kier molecular flexibility index (Phi) is 7.32. The van der Waals surface area contributed by atoms with E-state index >= 15 is 0 Å². The lowest BCUT2D eigenvalue weighted by Gasteiger charge is -2.13. The zero-order valence-electron chi connectivity index (χ0n) is 20.1. The molecule has 0 aliphatic heterocycles. The molecule has 1 heterocycles. The summed E-state index contributed by atoms with van der Waals surface area (Å²) in [5.74, 6) is 3.69. The molecule has 0 amide bonds. The molecule has 3 aromatic carbocycles. The number of nitrogens with zero attached hydrogens (tertiary/aromatic N) is 1. The van der Waals surface area contributed by atoms with Gasteiger partial charge in [-0.1, -0.05) is 68.3 Å². The Morgan fingerprint density at radius 2 is 1.80 bits per heavy atom. The molecule has 0 saturated carbocycles. The van der Waals surface area contributed by atoms with Gasteiger partial charge in [0.15, 0.2) is 0 Å². The minimum absolute atomic E-state index is 0.0832. The standard InChI is InChI=1S/C30H27NO4/c1-5-16-34-25-15-14-23-17-27(30(32)35-19-24-8-6-7-9-28(24)33-4)31-29(26(23)18-25)22-12-10-21(11-13-22)20(2)3/h1,6-15,17-18,20H,16,19H2,2-4H3. The number of hydrogen-bond donors (Lipinski definition) is 0. The van der Waals surface area contributed by atoms with E-state index in [1.54, 1.807) is 13.2 Å². The second kappa shape index (κ2) is 10.8. The molecule has 0 saturated heterocycles. The van der Waals surface area contributed by atoms with Gasteiger partial charge in [0.25, 0.3) is 0 Å². The fourth-order valence-corrected chi connectivity index (χ4v) is 3.83. The van der Waals surface area contributed by atoms with Crippen LogP contribution in [0.15, 0.2) is 72.8 Å². The number of pyridine rings is 1. The molecule has 0 bridgehead atoms. The summed E-state index contributed by atoms with van der Waals surface area (Å²) in [7, 11) is 1.59. The van der Waals surface area contributed by atoms with Crippen molar-refractivity contribution >= 4 is 16.7 Å². The van der Waals surface area contributed by atoms with Crippen LogP contribution in [0.5, 0.6) is 11.5 Å². The van der Waals surface area contributed by atoms with Crippen molar-refractivity contribution in [3.8, 4) is 35.1 Å². The van der Waals surface area contributed by atoms with E-state index in [1.165, 1.54) is 5.56 Å². The molecule has 4 aromatic rings. The normalized spacial score (nSPS) is 10.7. The number of terminal acetylenes is 1. The van der Waals surface area contributed by atoms with Crippen LogP contribution in [-0.2, 0) is 11.3 Å². The van der Waals surface area contributed by atoms with Crippen LogP contribution in [0.1, 0.15) is 41.4 Å². The molecule has 0 fully saturated rings. The predicted molar refractivity (Wildman–Crippen MR) is 138 cm³/mol. The van der Waals surface area contributed by atoms with Crippen molar-refractivity contribution in [1.82, 2.24) is 4.98 Å². The number of rotatable bonds is 8. The van der Waals surface area contributed by atoms with Crippen molar-refractivity contribution in [2.45, 2.75) is 26.4 Å². The molecule has 35 heavy (non-hydrogen) atoms. The number of para-hydroxylation sites is 1. The number of benzene rings is 3. The van der Waals surface area contributed by atoms with Gasteiger partial charge in [0.05, 0.1) is 12.8 Å². The fourth-order valence-electron chi connectivity index (χ4n) is 3.83. The third-order valence-corrected chi connectivity index (χ3v) is 5.74. The van der Waals surface area contributed by atoms with E-state index in [9.17, 15) is 4.79 Å². The Labute approximate surface area is 205 Å². The second-order valence-corrected chi connectivity index (χ2v) is 8.40. The minimum atomic E-state index is -0.509. The average molecular weight is 466 g/mol. The minimum Gasteiger partial charge on any atom is -0.496 e. The van der Waals surface area contributed by atoms with Gasteiger partial charge >= 0.3 is 5.97 Å². The number of fused-ring (bicyclic) bond motifs is 1. The predicted octanol–water partition coefficient (Wildman–Crippen LogP) is 6.40. The van der Waals surface area contributed by atoms with Gasteiger partial charge in [-0.25, -0.2) is 9.78 Å². The third kappa shape index (κ3) is 5.44. The lowest BCUT2D eigenvalue weighted by atomic mass is 9.98. The molecule has 0 radical (unpaired) electrons. The monoisotopic (exact) mass is 465 g/mol. The number of ether oxygens (including phenoxy) is 3. The van der Waals surface area contributed by atoms with Crippen LogP contribution in [0, 0.1) is 12.3 Å². The number of carbonyl (C=O) groups is 1. The van der Waals surface area contributed by atoms with Gasteiger partial charge in [0.2, 0.25) is 0 Å². The van der Waals surface area contributed by atoms with Gasteiger partial charge in [-0.15, -0.1) is 6.42 Å². The first-order chi connectivity index (χ1) is 17.0. The summed E-state index contributed by atoms with van der Waals surface area (Å²) in [5, 5.41) is 1.71. The van der Waals surface area contributed by atoms with Crippen LogP contribution in [0.2, 0.25) is 0 Å². The summed E-state index contributed by atoms with van der Waals surface area (Å²) < 4.78 is 16.6. The number of esters is 1. The summed E-state index contributed by atoms with van der Waals surface area (Å²) in [4.78, 5) is 17.7. The molecule has 0 aliphatic carbocycles. The number of carbonyl (C=O) groups excluding carboxylic acids is 1. The molecule has 0 spiro atoms. The summed E-state index contributed by atoms with van der Waals surface area (Å²) >= 11 is 0. The number of methoxy groups -OCH3 is 1. The van der Waals surface area contributed by atoms with E-state index < -0.39 is 5.97 Å². The summed E-state index contributed by atoms with van der Waals surface area (Å²) in [6.45, 7) is 4.55. The van der Waals surface area contributed by atoms with Crippen LogP contribution in [0.25, 0.3) is 22.0 Å². The van der Waals surface area contributed by atoms with Crippen LogP contribution >= 0.6 is 0 Å². The van der Waals surface area contributed by atoms with Gasteiger partial charge < -0.3 is 14.2 Å². The quantitative estimate of drug-likeness (QED) is 0.223. The van der Waals surface area contributed by atoms with Crippen molar-refractivity contribution in [1.29, 1.82) is 0 Å². The molecule has 4 rings (SSSR count). The number of aromatic nitrogens is 1. The van der Waals surface area contributed by atoms with Gasteiger partial charge in [-0.2, -0.15) is 0 Å². The molecule has 5 nitrogen and oxygen atoms in total. The van der Waals surface area contributed by atoms with Crippen molar-refractivity contribution in [2.24, 2.45) is 0 Å². The van der Waals surface area contributed by atoms with Crippen LogP contribution in [-0.4, -0.2) is 24.7 Å². The molecule has 176 valence electrons. The van der Waals surface area contributed by atoms with Crippen molar-refractivity contribution < 1.29 is 19.0 Å². The Morgan fingerprint density at radius 1 is 1.03 bits per heavy atom. The Bertz CT molecular complexity index is 1380. The SMILES string of the molecule is C#CCOc1ccc2cc(C(=O)OCc3ccccc3OC)nc(-c3ccc(C(C)C)cc3)c2c1. The van der Waals surface area contributed by atoms with Crippen molar-refractivity contribution in [3.63, 3.8) is 0 Å². The van der Waals surface area contributed by atoms with E-state index in [0.29, 0.717) is 23.1 Å². The lowest BCUT2D eigenvalue weighted by molar-refractivity contribution is 0.0463. The summed E-state index contributed by atoms with van der Waals surface area (Å²) in [6.07, 6.45) is 5.34. The Balaban J connectivity index is 1.72. The van der Waals surface area contributed by atoms with E-state index in [1.807, 2.05) is 54.6 Å².